The Morgan fingerprint density at radius 2 is 1.74 bits per heavy atom. The number of nitrogens with zero attached hydrogens (tertiary/aromatic N) is 2. The van der Waals surface area contributed by atoms with Crippen molar-refractivity contribution in [2.45, 2.75) is 77.5 Å². The molecule has 2 saturated heterocycles. The first-order valence-electron chi connectivity index (χ1n) is 12.6. The average Bonchev–Trinajstić information content (AvgIpc) is 3.30. The Labute approximate surface area is 203 Å². The first-order valence-corrected chi connectivity index (χ1v) is 12.6. The van der Waals surface area contributed by atoms with E-state index in [1.165, 1.54) is 0 Å². The summed E-state index contributed by atoms with van der Waals surface area (Å²) in [5.41, 5.74) is -0.547. The molecule has 3 aliphatic rings. The van der Waals surface area contributed by atoms with Gasteiger partial charge in [0.05, 0.1) is 12.2 Å². The molecule has 192 valence electrons. The molecular weight excluding hydrogens is 436 g/mol. The lowest BCUT2D eigenvalue weighted by atomic mass is 9.82. The van der Waals surface area contributed by atoms with E-state index in [1.54, 1.807) is 4.90 Å². The lowest BCUT2D eigenvalue weighted by molar-refractivity contribution is -0.0546. The van der Waals surface area contributed by atoms with Crippen LogP contribution in [0.2, 0.25) is 0 Å². The van der Waals surface area contributed by atoms with E-state index in [0.717, 1.165) is 18.4 Å². The molecule has 0 radical (unpaired) electrons. The van der Waals surface area contributed by atoms with E-state index in [2.05, 4.69) is 4.90 Å². The summed E-state index contributed by atoms with van der Waals surface area (Å²) in [5.74, 6) is 1.71. The fraction of sp³-hybridized carbons (Fsp3) is 0.731. The predicted octanol–water partition coefficient (Wildman–Crippen LogP) is 3.73. The Morgan fingerprint density at radius 3 is 2.32 bits per heavy atom. The Hall–Kier alpha value is -2.03. The van der Waals surface area contributed by atoms with E-state index in [4.69, 9.17) is 14.2 Å². The highest BCUT2D eigenvalue weighted by Crippen LogP contribution is 2.40. The Kier molecular flexibility index (Phi) is 8.71. The first kappa shape index (κ1) is 26.6. The summed E-state index contributed by atoms with van der Waals surface area (Å²) in [6, 6.07) is 5.70. The lowest BCUT2D eigenvalue weighted by Crippen LogP contribution is -2.53. The van der Waals surface area contributed by atoms with Crippen molar-refractivity contribution in [3.05, 3.63) is 23.8 Å². The van der Waals surface area contributed by atoms with Gasteiger partial charge in [0.25, 0.3) is 0 Å². The zero-order valence-corrected chi connectivity index (χ0v) is 21.4. The number of hydrogen-bond donors (Lipinski definition) is 2. The highest BCUT2D eigenvalue weighted by atomic mass is 16.7. The van der Waals surface area contributed by atoms with Crippen molar-refractivity contribution >= 4 is 6.09 Å². The Morgan fingerprint density at radius 1 is 1.12 bits per heavy atom. The number of aliphatic hydroxyl groups is 2. The maximum absolute atomic E-state index is 12.3. The van der Waals surface area contributed by atoms with Gasteiger partial charge in [0.15, 0.2) is 11.5 Å². The summed E-state index contributed by atoms with van der Waals surface area (Å²) >= 11 is 0. The molecule has 0 aromatic heterocycles. The second-order valence-electron chi connectivity index (χ2n) is 10.2. The van der Waals surface area contributed by atoms with Crippen molar-refractivity contribution in [1.29, 1.82) is 0 Å². The minimum Gasteiger partial charge on any atom is -0.454 e. The van der Waals surface area contributed by atoms with Crippen LogP contribution in [0.4, 0.5) is 4.79 Å². The van der Waals surface area contributed by atoms with Crippen LogP contribution in [0.3, 0.4) is 0 Å². The number of benzene rings is 1. The molecule has 0 saturated carbocycles. The Bertz CT molecular complexity index is 808. The fourth-order valence-corrected chi connectivity index (χ4v) is 5.06. The van der Waals surface area contributed by atoms with Gasteiger partial charge >= 0.3 is 6.09 Å². The summed E-state index contributed by atoms with van der Waals surface area (Å²) < 4.78 is 16.3. The third kappa shape index (κ3) is 6.15. The van der Waals surface area contributed by atoms with Gasteiger partial charge in [-0.25, -0.2) is 4.79 Å². The third-order valence-electron chi connectivity index (χ3n) is 6.93. The zero-order valence-electron chi connectivity index (χ0n) is 21.4. The molecule has 4 rings (SSSR count). The molecule has 8 nitrogen and oxygen atoms in total. The van der Waals surface area contributed by atoms with Gasteiger partial charge in [0.1, 0.15) is 5.60 Å². The minimum absolute atomic E-state index is 0.0390. The number of ether oxygens (including phenoxy) is 3. The largest absolute Gasteiger partial charge is 0.454 e. The van der Waals surface area contributed by atoms with Crippen LogP contribution in [-0.4, -0.2) is 77.3 Å². The van der Waals surface area contributed by atoms with E-state index in [-0.39, 0.29) is 25.5 Å². The van der Waals surface area contributed by atoms with E-state index in [0.29, 0.717) is 56.4 Å². The van der Waals surface area contributed by atoms with E-state index < -0.39 is 11.2 Å². The number of carbonyl (C=O) groups excluding carboxylic acids is 1. The number of hydrogen-bond acceptors (Lipinski definition) is 7. The van der Waals surface area contributed by atoms with Crippen molar-refractivity contribution in [3.8, 4) is 11.5 Å². The molecule has 1 unspecified atom stereocenters. The van der Waals surface area contributed by atoms with Gasteiger partial charge in [-0.05, 0) is 70.1 Å². The van der Waals surface area contributed by atoms with Crippen LogP contribution in [0.15, 0.2) is 18.2 Å². The summed E-state index contributed by atoms with van der Waals surface area (Å²) in [6.45, 7) is 12.6. The number of carbonyl (C=O) groups is 1. The van der Waals surface area contributed by atoms with Crippen molar-refractivity contribution in [2.75, 3.05) is 39.6 Å². The van der Waals surface area contributed by atoms with Gasteiger partial charge in [-0.1, -0.05) is 19.9 Å². The topological polar surface area (TPSA) is 91.7 Å². The van der Waals surface area contributed by atoms with Gasteiger partial charge in [-0.15, -0.1) is 0 Å². The third-order valence-corrected chi connectivity index (χ3v) is 6.93. The zero-order chi connectivity index (χ0) is 24.9. The molecule has 1 atom stereocenters. The van der Waals surface area contributed by atoms with Gasteiger partial charge in [-0.3, -0.25) is 4.90 Å². The van der Waals surface area contributed by atoms with Crippen LogP contribution in [0.5, 0.6) is 11.5 Å². The summed E-state index contributed by atoms with van der Waals surface area (Å²) in [6.07, 6.45) is 2.61. The van der Waals surface area contributed by atoms with E-state index >= 15 is 0 Å². The summed E-state index contributed by atoms with van der Waals surface area (Å²) in [4.78, 5) is 16.4. The molecule has 1 aromatic carbocycles. The SMILES string of the molecule is CC.CC(C)(C)OC(=O)N1CCC(C(CO)N2CCC(O)(c3ccc4c(c3)OCO4)CC2)CC1. The molecule has 2 fully saturated rings. The number of piperidine rings is 2. The quantitative estimate of drug-likeness (QED) is 0.681. The van der Waals surface area contributed by atoms with Gasteiger partial charge < -0.3 is 29.3 Å². The summed E-state index contributed by atoms with van der Waals surface area (Å²) in [7, 11) is 0. The van der Waals surface area contributed by atoms with Crippen molar-refractivity contribution in [1.82, 2.24) is 9.80 Å². The number of aliphatic hydroxyl groups excluding tert-OH is 1. The van der Waals surface area contributed by atoms with Crippen LogP contribution >= 0.6 is 0 Å². The van der Waals surface area contributed by atoms with Crippen molar-refractivity contribution < 1.29 is 29.2 Å². The van der Waals surface area contributed by atoms with Gasteiger partial charge in [0, 0.05) is 32.2 Å². The smallest absolute Gasteiger partial charge is 0.410 e. The highest BCUT2D eigenvalue weighted by molar-refractivity contribution is 5.68. The van der Waals surface area contributed by atoms with Crippen molar-refractivity contribution in [2.24, 2.45) is 5.92 Å². The molecule has 0 aliphatic carbocycles. The minimum atomic E-state index is -0.905. The first-order chi connectivity index (χ1) is 16.2. The fourth-order valence-electron chi connectivity index (χ4n) is 5.06. The van der Waals surface area contributed by atoms with Crippen LogP contribution in [0.25, 0.3) is 0 Å². The number of likely N-dealkylation sites (tertiary alicyclic amines) is 2. The second kappa shape index (κ2) is 11.1. The molecule has 1 amide bonds. The van der Waals surface area contributed by atoms with Crippen molar-refractivity contribution in [3.63, 3.8) is 0 Å². The monoisotopic (exact) mass is 478 g/mol. The van der Waals surface area contributed by atoms with Crippen LogP contribution < -0.4 is 9.47 Å². The molecule has 0 spiro atoms. The molecule has 2 N–H and O–H groups in total. The molecule has 3 aliphatic heterocycles. The number of amides is 1. The van der Waals surface area contributed by atoms with Gasteiger partial charge in [-0.2, -0.15) is 0 Å². The van der Waals surface area contributed by atoms with Gasteiger partial charge in [0.2, 0.25) is 6.79 Å². The predicted molar refractivity (Wildman–Crippen MR) is 130 cm³/mol. The molecule has 8 heteroatoms. The molecule has 3 heterocycles. The number of fused-ring (bicyclic) bond motifs is 1. The Balaban J connectivity index is 0.00000158. The normalized spacial score (nSPS) is 21.4. The van der Waals surface area contributed by atoms with E-state index in [9.17, 15) is 15.0 Å². The molecule has 34 heavy (non-hydrogen) atoms. The molecule has 0 bridgehead atoms. The van der Waals surface area contributed by atoms with Crippen LogP contribution in [-0.2, 0) is 10.3 Å². The second-order valence-corrected chi connectivity index (χ2v) is 10.2. The van der Waals surface area contributed by atoms with Crippen LogP contribution in [0, 0.1) is 5.92 Å². The average molecular weight is 479 g/mol. The lowest BCUT2D eigenvalue weighted by Gasteiger charge is -2.45. The maximum atomic E-state index is 12.3. The number of rotatable bonds is 4. The molecule has 1 aromatic rings. The standard InChI is InChI=1S/C24H36N2O6.C2H6/c1-23(2,3)32-22(28)26-10-6-17(7-11-26)19(15-27)25-12-8-24(29,9-13-25)18-4-5-20-21(14-18)31-16-30-20;1-2/h4-5,14,17,19,27,29H,6-13,15-16H2,1-3H3;1-2H3. The molecular formula is C26H42N2O6. The summed E-state index contributed by atoms with van der Waals surface area (Å²) in [5, 5.41) is 21.5. The van der Waals surface area contributed by atoms with E-state index in [1.807, 2.05) is 52.8 Å². The maximum Gasteiger partial charge on any atom is 0.410 e. The van der Waals surface area contributed by atoms with Crippen LogP contribution in [0.1, 0.15) is 65.9 Å². The highest BCUT2D eigenvalue weighted by Gasteiger charge is 2.39.